The number of rotatable bonds is 9. The zero-order chi connectivity index (χ0) is 13.3. The average molecular weight is 268 g/mol. The van der Waals surface area contributed by atoms with Crippen LogP contribution in [0.15, 0.2) is 12.2 Å². The van der Waals surface area contributed by atoms with Crippen LogP contribution in [0.3, 0.4) is 0 Å². The van der Waals surface area contributed by atoms with Crippen molar-refractivity contribution in [3.63, 3.8) is 0 Å². The predicted octanol–water partition coefficient (Wildman–Crippen LogP) is 1.75. The third-order valence-electron chi connectivity index (χ3n) is 1.85. The molecule has 0 saturated carbocycles. The van der Waals surface area contributed by atoms with Gasteiger partial charge in [0.1, 0.15) is 0 Å². The summed E-state index contributed by atoms with van der Waals surface area (Å²) in [7, 11) is -0.622. The van der Waals surface area contributed by atoms with Crippen molar-refractivity contribution in [2.75, 3.05) is 27.4 Å². The largest absolute Gasteiger partial charge is 0.377 e. The van der Waals surface area contributed by atoms with Crippen LogP contribution in [0.1, 0.15) is 13.8 Å². The molecule has 0 aliphatic heterocycles. The number of methoxy groups -OCH3 is 2. The van der Waals surface area contributed by atoms with Gasteiger partial charge in [-0.15, -0.1) is 0 Å². The molecule has 0 aromatic heterocycles. The van der Waals surface area contributed by atoms with Crippen LogP contribution in [0, 0.1) is 0 Å². The van der Waals surface area contributed by atoms with E-state index < -0.39 is 19.7 Å². The molecule has 0 rings (SSSR count). The van der Waals surface area contributed by atoms with Gasteiger partial charge in [0.25, 0.3) is 0 Å². The van der Waals surface area contributed by atoms with E-state index in [4.69, 9.17) is 18.5 Å². The van der Waals surface area contributed by atoms with E-state index in [1.807, 2.05) is 0 Å². The lowest BCUT2D eigenvalue weighted by atomic mass is 10.5. The summed E-state index contributed by atoms with van der Waals surface area (Å²) in [5, 5.41) is 9.76. The molecular formula is C10H21O6P. The molecule has 1 unspecified atom stereocenters. The second-order valence-corrected chi connectivity index (χ2v) is 5.14. The van der Waals surface area contributed by atoms with Crippen molar-refractivity contribution in [2.45, 2.75) is 26.0 Å². The van der Waals surface area contributed by atoms with Crippen LogP contribution < -0.4 is 0 Å². The topological polar surface area (TPSA) is 74.2 Å². The van der Waals surface area contributed by atoms with Crippen molar-refractivity contribution in [3.05, 3.63) is 12.2 Å². The summed E-state index contributed by atoms with van der Waals surface area (Å²) in [6.45, 7) is 3.74. The van der Waals surface area contributed by atoms with E-state index in [1.54, 1.807) is 13.8 Å². The van der Waals surface area contributed by atoms with Gasteiger partial charge in [0, 0.05) is 14.2 Å². The average Bonchev–Trinajstić information content (AvgIpc) is 2.30. The highest BCUT2D eigenvalue weighted by Crippen LogP contribution is 2.52. The van der Waals surface area contributed by atoms with E-state index in [2.05, 4.69) is 0 Å². The smallest absolute Gasteiger partial charge is 0.362 e. The molecule has 0 aromatic rings. The van der Waals surface area contributed by atoms with Gasteiger partial charge in [-0.1, -0.05) is 0 Å². The second-order valence-electron chi connectivity index (χ2n) is 3.01. The van der Waals surface area contributed by atoms with Crippen LogP contribution in [-0.2, 0) is 23.1 Å². The Morgan fingerprint density at radius 2 is 1.59 bits per heavy atom. The summed E-state index contributed by atoms with van der Waals surface area (Å²) in [5.41, 5.74) is 0. The number of hydrogen-bond acceptors (Lipinski definition) is 6. The molecule has 1 N–H and O–H groups in total. The first-order valence-corrected chi connectivity index (χ1v) is 6.96. The molecule has 0 aliphatic carbocycles. The maximum Gasteiger partial charge on any atom is 0.362 e. The lowest BCUT2D eigenvalue weighted by Gasteiger charge is -2.20. The first-order chi connectivity index (χ1) is 8.03. The van der Waals surface area contributed by atoms with Gasteiger partial charge in [0.2, 0.25) is 0 Å². The highest BCUT2D eigenvalue weighted by molar-refractivity contribution is 7.54. The molecule has 6 nitrogen and oxygen atoms in total. The van der Waals surface area contributed by atoms with Crippen LogP contribution in [-0.4, -0.2) is 44.7 Å². The Bertz CT molecular complexity index is 254. The summed E-state index contributed by atoms with van der Waals surface area (Å²) in [6.07, 6.45) is 2.11. The van der Waals surface area contributed by atoms with E-state index >= 15 is 0 Å². The van der Waals surface area contributed by atoms with Gasteiger partial charge in [-0.05, 0) is 26.0 Å². The minimum absolute atomic E-state index is 0.195. The fourth-order valence-corrected chi connectivity index (χ4v) is 2.51. The summed E-state index contributed by atoms with van der Waals surface area (Å²) in [4.78, 5) is 0. The molecule has 0 heterocycles. The Kier molecular flexibility index (Phi) is 8.68. The fourth-order valence-electron chi connectivity index (χ4n) is 1.10. The number of ether oxygens (including phenoxy) is 2. The summed E-state index contributed by atoms with van der Waals surface area (Å²) < 4.78 is 31.8. The zero-order valence-corrected chi connectivity index (χ0v) is 11.6. The Hall–Kier alpha value is -0.230. The van der Waals surface area contributed by atoms with E-state index in [0.717, 1.165) is 0 Å². The van der Waals surface area contributed by atoms with Crippen LogP contribution in [0.25, 0.3) is 0 Å². The van der Waals surface area contributed by atoms with Gasteiger partial charge < -0.3 is 23.6 Å². The first kappa shape index (κ1) is 16.8. The van der Waals surface area contributed by atoms with Crippen LogP contribution in [0.2, 0.25) is 0 Å². The van der Waals surface area contributed by atoms with Crippen LogP contribution in [0.5, 0.6) is 0 Å². The van der Waals surface area contributed by atoms with E-state index in [0.29, 0.717) is 0 Å². The maximum atomic E-state index is 12.1. The summed E-state index contributed by atoms with van der Waals surface area (Å²) in [6, 6.07) is 0. The van der Waals surface area contributed by atoms with E-state index in [9.17, 15) is 9.67 Å². The van der Waals surface area contributed by atoms with Crippen molar-refractivity contribution < 1.29 is 28.2 Å². The first-order valence-electron chi connectivity index (χ1n) is 5.34. The van der Waals surface area contributed by atoms with Crippen molar-refractivity contribution >= 4 is 7.60 Å². The normalized spacial score (nSPS) is 14.7. The molecule has 1 atom stereocenters. The SMILES string of the molecule is CCOP(=O)(OCC)C(O)/C=C/C(OC)OC. The van der Waals surface area contributed by atoms with E-state index in [1.165, 1.54) is 26.4 Å². The van der Waals surface area contributed by atoms with Gasteiger partial charge in [-0.3, -0.25) is 4.57 Å². The molecule has 17 heavy (non-hydrogen) atoms. The lowest BCUT2D eigenvalue weighted by Crippen LogP contribution is -2.13. The molecule has 0 saturated heterocycles. The third-order valence-corrected chi connectivity index (χ3v) is 3.90. The number of aliphatic hydroxyl groups is 1. The Balaban J connectivity index is 4.62. The van der Waals surface area contributed by atoms with Gasteiger partial charge in [-0.25, -0.2) is 0 Å². The summed E-state index contributed by atoms with van der Waals surface area (Å²) >= 11 is 0. The Morgan fingerprint density at radius 3 is 1.94 bits per heavy atom. The molecular weight excluding hydrogens is 247 g/mol. The molecule has 0 aliphatic rings. The van der Waals surface area contributed by atoms with Crippen molar-refractivity contribution in [1.29, 1.82) is 0 Å². The van der Waals surface area contributed by atoms with Gasteiger partial charge in [0.15, 0.2) is 12.1 Å². The van der Waals surface area contributed by atoms with Gasteiger partial charge in [0.05, 0.1) is 13.2 Å². The van der Waals surface area contributed by atoms with Crippen molar-refractivity contribution in [3.8, 4) is 0 Å². The molecule has 0 aromatic carbocycles. The molecule has 0 amide bonds. The number of aliphatic hydroxyl groups excluding tert-OH is 1. The highest BCUT2D eigenvalue weighted by atomic mass is 31.2. The minimum atomic E-state index is -3.53. The van der Waals surface area contributed by atoms with Crippen LogP contribution >= 0.6 is 7.60 Å². The van der Waals surface area contributed by atoms with Gasteiger partial charge >= 0.3 is 7.60 Å². The summed E-state index contributed by atoms with van der Waals surface area (Å²) in [5.74, 6) is -1.34. The van der Waals surface area contributed by atoms with Gasteiger partial charge in [-0.2, -0.15) is 0 Å². The molecule has 7 heteroatoms. The predicted molar refractivity (Wildman–Crippen MR) is 63.8 cm³/mol. The Morgan fingerprint density at radius 1 is 1.12 bits per heavy atom. The maximum absolute atomic E-state index is 12.1. The minimum Gasteiger partial charge on any atom is -0.377 e. The zero-order valence-electron chi connectivity index (χ0n) is 10.7. The quantitative estimate of drug-likeness (QED) is 0.390. The number of hydrogen-bond donors (Lipinski definition) is 1. The molecule has 0 fully saturated rings. The van der Waals surface area contributed by atoms with Crippen molar-refractivity contribution in [1.82, 2.24) is 0 Å². The highest BCUT2D eigenvalue weighted by Gasteiger charge is 2.32. The lowest BCUT2D eigenvalue weighted by molar-refractivity contribution is -0.0670. The molecule has 0 radical (unpaired) electrons. The standard InChI is InChI=1S/C10H21O6P/c1-5-15-17(12,16-6-2)9(11)7-8-10(13-3)14-4/h7-11H,5-6H2,1-4H3/b8-7+. The van der Waals surface area contributed by atoms with Crippen LogP contribution in [0.4, 0.5) is 0 Å². The molecule has 0 spiro atoms. The second kappa shape index (κ2) is 8.80. The van der Waals surface area contributed by atoms with Crippen molar-refractivity contribution in [2.24, 2.45) is 0 Å². The van der Waals surface area contributed by atoms with E-state index in [-0.39, 0.29) is 13.2 Å². The monoisotopic (exact) mass is 268 g/mol. The molecule has 102 valence electrons. The molecule has 0 bridgehead atoms. The fraction of sp³-hybridized carbons (Fsp3) is 0.800. The Labute approximate surface area is 102 Å². The third kappa shape index (κ3) is 5.77.